The molecule has 3 heterocycles. The normalized spacial score (nSPS) is 21.9. The van der Waals surface area contributed by atoms with Gasteiger partial charge in [0.15, 0.2) is 0 Å². The SMILES string of the molecule is COc1cccc(N2CC(C(=O)N3CCCC(Oc4cccnn4)C3)CC2=O)c1. The Labute approximate surface area is 169 Å². The van der Waals surface area contributed by atoms with E-state index in [0.29, 0.717) is 31.3 Å². The van der Waals surface area contributed by atoms with Crippen LogP contribution in [0.1, 0.15) is 19.3 Å². The molecule has 2 aromatic rings. The minimum absolute atomic E-state index is 0.0104. The maximum absolute atomic E-state index is 13.1. The molecule has 2 saturated heterocycles. The van der Waals surface area contributed by atoms with Crippen molar-refractivity contribution in [2.45, 2.75) is 25.4 Å². The largest absolute Gasteiger partial charge is 0.497 e. The zero-order valence-electron chi connectivity index (χ0n) is 16.4. The third kappa shape index (κ3) is 4.31. The van der Waals surface area contributed by atoms with Gasteiger partial charge >= 0.3 is 0 Å². The predicted octanol–water partition coefficient (Wildman–Crippen LogP) is 1.91. The molecule has 8 nitrogen and oxygen atoms in total. The number of hydrogen-bond acceptors (Lipinski definition) is 6. The molecular weight excluding hydrogens is 372 g/mol. The number of likely N-dealkylation sites (tertiary alicyclic amines) is 1. The highest BCUT2D eigenvalue weighted by Gasteiger charge is 2.38. The summed E-state index contributed by atoms with van der Waals surface area (Å²) in [6.07, 6.45) is 3.42. The minimum Gasteiger partial charge on any atom is -0.497 e. The molecule has 0 spiro atoms. The summed E-state index contributed by atoms with van der Waals surface area (Å²) in [5.74, 6) is 0.776. The van der Waals surface area contributed by atoms with Crippen molar-refractivity contribution in [2.75, 3.05) is 31.6 Å². The van der Waals surface area contributed by atoms with E-state index < -0.39 is 0 Å². The van der Waals surface area contributed by atoms with Gasteiger partial charge in [0.1, 0.15) is 11.9 Å². The molecule has 0 saturated carbocycles. The first kappa shape index (κ1) is 19.2. The maximum Gasteiger partial charge on any atom is 0.233 e. The number of hydrogen-bond donors (Lipinski definition) is 0. The van der Waals surface area contributed by atoms with Crippen LogP contribution >= 0.6 is 0 Å². The van der Waals surface area contributed by atoms with Crippen molar-refractivity contribution in [3.05, 3.63) is 42.6 Å². The Morgan fingerprint density at radius 3 is 2.90 bits per heavy atom. The fourth-order valence-corrected chi connectivity index (χ4v) is 3.91. The van der Waals surface area contributed by atoms with Crippen molar-refractivity contribution >= 4 is 17.5 Å². The van der Waals surface area contributed by atoms with Crippen LogP contribution in [-0.2, 0) is 9.59 Å². The van der Waals surface area contributed by atoms with E-state index >= 15 is 0 Å². The second-order valence-corrected chi connectivity index (χ2v) is 7.34. The molecule has 0 bridgehead atoms. The van der Waals surface area contributed by atoms with Crippen LogP contribution in [0.4, 0.5) is 5.69 Å². The molecule has 4 rings (SSSR count). The van der Waals surface area contributed by atoms with Crippen LogP contribution in [0.25, 0.3) is 0 Å². The van der Waals surface area contributed by atoms with Crippen LogP contribution in [0.5, 0.6) is 11.6 Å². The number of ether oxygens (including phenoxy) is 2. The van der Waals surface area contributed by atoms with E-state index in [1.807, 2.05) is 29.2 Å². The van der Waals surface area contributed by atoms with Crippen molar-refractivity contribution < 1.29 is 19.1 Å². The smallest absolute Gasteiger partial charge is 0.233 e. The molecule has 29 heavy (non-hydrogen) atoms. The Morgan fingerprint density at radius 1 is 1.21 bits per heavy atom. The van der Waals surface area contributed by atoms with Gasteiger partial charge in [0.25, 0.3) is 0 Å². The molecule has 0 aliphatic carbocycles. The van der Waals surface area contributed by atoms with Gasteiger partial charge in [-0.25, -0.2) is 0 Å². The average molecular weight is 396 g/mol. The van der Waals surface area contributed by atoms with E-state index in [2.05, 4.69) is 10.2 Å². The summed E-state index contributed by atoms with van der Waals surface area (Å²) in [7, 11) is 1.59. The lowest BCUT2D eigenvalue weighted by atomic mass is 10.0. The molecule has 1 aromatic heterocycles. The van der Waals surface area contributed by atoms with E-state index in [-0.39, 0.29) is 30.3 Å². The summed E-state index contributed by atoms with van der Waals surface area (Å²) >= 11 is 0. The highest BCUT2D eigenvalue weighted by Crippen LogP contribution is 2.29. The number of amides is 2. The molecule has 152 valence electrons. The Hall–Kier alpha value is -3.16. The number of carbonyl (C=O) groups is 2. The molecule has 1 aromatic carbocycles. The van der Waals surface area contributed by atoms with Gasteiger partial charge in [-0.2, -0.15) is 5.10 Å². The summed E-state index contributed by atoms with van der Waals surface area (Å²) in [5.41, 5.74) is 0.757. The van der Waals surface area contributed by atoms with Crippen LogP contribution in [0.15, 0.2) is 42.6 Å². The third-order valence-electron chi connectivity index (χ3n) is 5.36. The lowest BCUT2D eigenvalue weighted by Crippen LogP contribution is -2.47. The predicted molar refractivity (Wildman–Crippen MR) is 106 cm³/mol. The first-order chi connectivity index (χ1) is 14.1. The van der Waals surface area contributed by atoms with E-state index in [4.69, 9.17) is 9.47 Å². The van der Waals surface area contributed by atoms with Gasteiger partial charge in [0, 0.05) is 43.5 Å². The number of methoxy groups -OCH3 is 1. The molecule has 2 amide bonds. The van der Waals surface area contributed by atoms with Crippen molar-refractivity contribution in [3.63, 3.8) is 0 Å². The molecular formula is C21H24N4O4. The average Bonchev–Trinajstić information content (AvgIpc) is 3.16. The number of nitrogens with zero attached hydrogens (tertiary/aromatic N) is 4. The Kier molecular flexibility index (Phi) is 5.59. The zero-order chi connectivity index (χ0) is 20.2. The number of benzene rings is 1. The van der Waals surface area contributed by atoms with Gasteiger partial charge in [-0.05, 0) is 31.0 Å². The van der Waals surface area contributed by atoms with Crippen LogP contribution < -0.4 is 14.4 Å². The highest BCUT2D eigenvalue weighted by molar-refractivity contribution is 6.00. The van der Waals surface area contributed by atoms with Crippen LogP contribution in [-0.4, -0.2) is 59.8 Å². The minimum atomic E-state index is -0.344. The highest BCUT2D eigenvalue weighted by atomic mass is 16.5. The van der Waals surface area contributed by atoms with Crippen molar-refractivity contribution in [1.82, 2.24) is 15.1 Å². The first-order valence-corrected chi connectivity index (χ1v) is 9.81. The van der Waals surface area contributed by atoms with Gasteiger partial charge in [0.2, 0.25) is 17.7 Å². The quantitative estimate of drug-likeness (QED) is 0.768. The third-order valence-corrected chi connectivity index (χ3v) is 5.36. The van der Waals surface area contributed by atoms with Gasteiger partial charge in [-0.3, -0.25) is 9.59 Å². The molecule has 0 N–H and O–H groups in total. The van der Waals surface area contributed by atoms with E-state index in [9.17, 15) is 9.59 Å². The van der Waals surface area contributed by atoms with Crippen LogP contribution in [0, 0.1) is 5.92 Å². The van der Waals surface area contributed by atoms with Gasteiger partial charge in [0.05, 0.1) is 19.6 Å². The Morgan fingerprint density at radius 2 is 2.10 bits per heavy atom. The summed E-state index contributed by atoms with van der Waals surface area (Å²) < 4.78 is 11.1. The van der Waals surface area contributed by atoms with Crippen molar-refractivity contribution in [1.29, 1.82) is 0 Å². The van der Waals surface area contributed by atoms with E-state index in [0.717, 1.165) is 18.5 Å². The number of carbonyl (C=O) groups excluding carboxylic acids is 2. The Bertz CT molecular complexity index is 876. The molecule has 2 unspecified atom stereocenters. The van der Waals surface area contributed by atoms with Crippen LogP contribution in [0.3, 0.4) is 0 Å². The summed E-state index contributed by atoms with van der Waals surface area (Å²) in [4.78, 5) is 29.1. The lowest BCUT2D eigenvalue weighted by Gasteiger charge is -2.34. The molecule has 2 atom stereocenters. The summed E-state index contributed by atoms with van der Waals surface area (Å²) in [5, 5.41) is 7.77. The Balaban J connectivity index is 1.39. The lowest BCUT2D eigenvalue weighted by molar-refractivity contribution is -0.138. The van der Waals surface area contributed by atoms with Gasteiger partial charge in [-0.1, -0.05) is 6.07 Å². The number of rotatable bonds is 5. The molecule has 2 aliphatic rings. The first-order valence-electron chi connectivity index (χ1n) is 9.81. The maximum atomic E-state index is 13.1. The molecule has 2 fully saturated rings. The molecule has 8 heteroatoms. The standard InChI is InChI=1S/C21H24N4O4/c1-28-17-6-2-5-16(12-17)25-13-15(11-20(25)26)21(27)24-10-4-7-18(14-24)29-19-8-3-9-22-23-19/h2-3,5-6,8-9,12,15,18H,4,7,10-11,13-14H2,1H3. The van der Waals surface area contributed by atoms with Crippen LogP contribution in [0.2, 0.25) is 0 Å². The fourth-order valence-electron chi connectivity index (χ4n) is 3.91. The van der Waals surface area contributed by atoms with Gasteiger partial charge < -0.3 is 19.3 Å². The number of aromatic nitrogens is 2. The van der Waals surface area contributed by atoms with E-state index in [1.54, 1.807) is 30.3 Å². The zero-order valence-corrected chi connectivity index (χ0v) is 16.4. The van der Waals surface area contributed by atoms with Crippen molar-refractivity contribution in [2.24, 2.45) is 5.92 Å². The van der Waals surface area contributed by atoms with Crippen molar-refractivity contribution in [3.8, 4) is 11.6 Å². The molecule has 0 radical (unpaired) electrons. The topological polar surface area (TPSA) is 84.9 Å². The fraction of sp³-hybridized carbons (Fsp3) is 0.429. The molecule has 2 aliphatic heterocycles. The van der Waals surface area contributed by atoms with E-state index in [1.165, 1.54) is 0 Å². The number of piperidine rings is 1. The number of anilines is 1. The monoisotopic (exact) mass is 396 g/mol. The summed E-state index contributed by atoms with van der Waals surface area (Å²) in [6.45, 7) is 1.57. The second kappa shape index (κ2) is 8.46. The second-order valence-electron chi connectivity index (χ2n) is 7.34. The van der Waals surface area contributed by atoms with Gasteiger partial charge in [-0.15, -0.1) is 5.10 Å². The summed E-state index contributed by atoms with van der Waals surface area (Å²) in [6, 6.07) is 10.9.